The van der Waals surface area contributed by atoms with Gasteiger partial charge in [-0.3, -0.25) is 4.99 Å². The van der Waals surface area contributed by atoms with Gasteiger partial charge in [0.15, 0.2) is 0 Å². The van der Waals surface area contributed by atoms with Crippen LogP contribution in [0.3, 0.4) is 0 Å². The van der Waals surface area contributed by atoms with E-state index in [-0.39, 0.29) is 11.7 Å². The molecule has 2 rings (SSSR count). The molecule has 0 fully saturated rings. The number of thiophene rings is 1. The molecule has 6 nitrogen and oxygen atoms in total. The molecule has 0 atom stereocenters. The molecule has 0 aliphatic heterocycles. The molecule has 9 heteroatoms. The fraction of sp³-hybridized carbons (Fsp3) is 0.211. The Bertz CT molecular complexity index is 934. The molecule has 0 saturated heterocycles. The maximum Gasteiger partial charge on any atom is 0.387 e. The number of aliphatic imine (C=N–C) groups is 3. The summed E-state index contributed by atoms with van der Waals surface area (Å²) in [6.07, 6.45) is 2.84. The quantitative estimate of drug-likeness (QED) is 0.551. The van der Waals surface area contributed by atoms with Crippen LogP contribution in [0.15, 0.2) is 51.1 Å². The van der Waals surface area contributed by atoms with Crippen molar-refractivity contribution < 1.29 is 13.5 Å². The first-order chi connectivity index (χ1) is 13.4. The van der Waals surface area contributed by atoms with Crippen LogP contribution < -0.4 is 15.8 Å². The fourth-order valence-electron chi connectivity index (χ4n) is 2.59. The highest BCUT2D eigenvalue weighted by atomic mass is 32.1. The largest absolute Gasteiger partial charge is 0.434 e. The molecule has 1 heterocycles. The second-order valence-corrected chi connectivity index (χ2v) is 6.97. The number of nitrogens with one attached hydrogen (secondary N) is 1. The van der Waals surface area contributed by atoms with Gasteiger partial charge in [-0.25, -0.2) is 9.98 Å². The average molecular weight is 405 g/mol. The Kier molecular flexibility index (Phi) is 7.39. The lowest BCUT2D eigenvalue weighted by Gasteiger charge is -2.12. The van der Waals surface area contributed by atoms with Crippen LogP contribution in [0.5, 0.6) is 5.75 Å². The zero-order chi connectivity index (χ0) is 20.7. The third-order valence-corrected chi connectivity index (χ3v) is 4.68. The molecule has 0 unspecified atom stereocenters. The summed E-state index contributed by atoms with van der Waals surface area (Å²) in [6, 6.07) is 6.61. The van der Waals surface area contributed by atoms with Gasteiger partial charge in [0.1, 0.15) is 5.75 Å². The molecule has 148 valence electrons. The van der Waals surface area contributed by atoms with E-state index in [1.807, 2.05) is 13.8 Å². The van der Waals surface area contributed by atoms with Crippen LogP contribution in [0.2, 0.25) is 0 Å². The topological polar surface area (TPSA) is 84.4 Å². The number of allylic oxidation sites excluding steroid dienone is 1. The summed E-state index contributed by atoms with van der Waals surface area (Å²) in [6.45, 7) is 4.39. The lowest BCUT2D eigenvalue weighted by Crippen LogP contribution is -2.22. The second kappa shape index (κ2) is 9.75. The number of guanidine groups is 1. The van der Waals surface area contributed by atoms with Crippen molar-refractivity contribution >= 4 is 35.9 Å². The van der Waals surface area contributed by atoms with Crippen LogP contribution in [0, 0.1) is 13.8 Å². The van der Waals surface area contributed by atoms with E-state index in [4.69, 9.17) is 10.5 Å². The Morgan fingerprint density at radius 2 is 2.00 bits per heavy atom. The summed E-state index contributed by atoms with van der Waals surface area (Å²) in [5, 5.41) is 2.93. The van der Waals surface area contributed by atoms with E-state index < -0.39 is 6.61 Å². The van der Waals surface area contributed by atoms with Crippen LogP contribution in [-0.4, -0.2) is 32.6 Å². The summed E-state index contributed by atoms with van der Waals surface area (Å²) in [5.74, 6) is 0.280. The molecule has 0 amide bonds. The SMILES string of the molecule is C=NC(=Nc1c(C)sc(C)c1-c1ccccc1OC(F)F)NC(C=NC)=CN. The zero-order valence-corrected chi connectivity index (χ0v) is 16.6. The molecule has 0 aliphatic carbocycles. The number of benzene rings is 1. The van der Waals surface area contributed by atoms with Crippen LogP contribution >= 0.6 is 11.3 Å². The Labute approximate surface area is 166 Å². The molecule has 0 spiro atoms. The fourth-order valence-corrected chi connectivity index (χ4v) is 3.60. The minimum absolute atomic E-state index is 0.0802. The summed E-state index contributed by atoms with van der Waals surface area (Å²) in [5.41, 5.74) is 7.86. The summed E-state index contributed by atoms with van der Waals surface area (Å²) < 4.78 is 30.4. The number of hydrogen-bond acceptors (Lipinski definition) is 5. The Balaban J connectivity index is 2.58. The number of nitrogens with two attached hydrogens (primary N) is 1. The molecule has 2 aromatic rings. The lowest BCUT2D eigenvalue weighted by atomic mass is 10.0. The Morgan fingerprint density at radius 3 is 2.61 bits per heavy atom. The van der Waals surface area contributed by atoms with E-state index in [0.717, 1.165) is 9.75 Å². The van der Waals surface area contributed by atoms with Crippen molar-refractivity contribution in [2.75, 3.05) is 7.05 Å². The van der Waals surface area contributed by atoms with Gasteiger partial charge in [0.25, 0.3) is 0 Å². The first-order valence-electron chi connectivity index (χ1n) is 8.22. The molecule has 1 aromatic heterocycles. The van der Waals surface area contributed by atoms with Crippen molar-refractivity contribution in [2.45, 2.75) is 20.5 Å². The van der Waals surface area contributed by atoms with E-state index in [9.17, 15) is 8.78 Å². The van der Waals surface area contributed by atoms with Gasteiger partial charge in [-0.2, -0.15) is 8.78 Å². The van der Waals surface area contributed by atoms with Crippen LogP contribution in [0.4, 0.5) is 14.5 Å². The number of rotatable bonds is 6. The standard InChI is InChI=1S/C19H21F2N5OS/c1-11-16(14-7-5-6-8-15(14)27-18(20)21)17(12(2)28-11)26-19(24-4)25-13(9-22)10-23-3/h5-10,18H,4,22H2,1-3H3,(H,25,26). The smallest absolute Gasteiger partial charge is 0.387 e. The normalized spacial score (nSPS) is 12.6. The van der Waals surface area contributed by atoms with E-state index in [2.05, 4.69) is 27.0 Å². The van der Waals surface area contributed by atoms with Gasteiger partial charge < -0.3 is 15.8 Å². The highest BCUT2D eigenvalue weighted by Gasteiger charge is 2.20. The van der Waals surface area contributed by atoms with Gasteiger partial charge in [0.05, 0.1) is 11.4 Å². The van der Waals surface area contributed by atoms with Crippen LogP contribution in [0.1, 0.15) is 9.75 Å². The summed E-state index contributed by atoms with van der Waals surface area (Å²) in [7, 11) is 1.60. The van der Waals surface area contributed by atoms with Crippen molar-refractivity contribution in [3.05, 3.63) is 45.9 Å². The van der Waals surface area contributed by atoms with Crippen LogP contribution in [-0.2, 0) is 0 Å². The number of alkyl halides is 2. The monoisotopic (exact) mass is 405 g/mol. The number of aryl methyl sites for hydroxylation is 2. The van der Waals surface area contributed by atoms with Crippen LogP contribution in [0.25, 0.3) is 11.1 Å². The first kappa shape index (κ1) is 21.2. The minimum Gasteiger partial charge on any atom is -0.434 e. The van der Waals surface area contributed by atoms with Crippen molar-refractivity contribution in [3.8, 4) is 16.9 Å². The van der Waals surface area contributed by atoms with Crippen molar-refractivity contribution in [1.29, 1.82) is 0 Å². The van der Waals surface area contributed by atoms with E-state index in [1.165, 1.54) is 29.8 Å². The summed E-state index contributed by atoms with van der Waals surface area (Å²) >= 11 is 1.50. The van der Waals surface area contributed by atoms with Gasteiger partial charge in [-0.05, 0) is 26.6 Å². The van der Waals surface area contributed by atoms with E-state index in [1.54, 1.807) is 25.2 Å². The lowest BCUT2D eigenvalue weighted by molar-refractivity contribution is -0.0494. The summed E-state index contributed by atoms with van der Waals surface area (Å²) in [4.78, 5) is 14.1. The predicted octanol–water partition coefficient (Wildman–Crippen LogP) is 4.41. The number of hydrogen-bond donors (Lipinski definition) is 2. The van der Waals surface area contributed by atoms with Gasteiger partial charge in [0, 0.05) is 40.3 Å². The molecule has 28 heavy (non-hydrogen) atoms. The third kappa shape index (κ3) is 5.01. The van der Waals surface area contributed by atoms with Gasteiger partial charge >= 0.3 is 6.61 Å². The highest BCUT2D eigenvalue weighted by Crippen LogP contribution is 2.45. The van der Waals surface area contributed by atoms with E-state index >= 15 is 0 Å². The molecular weight excluding hydrogens is 384 g/mol. The second-order valence-electron chi connectivity index (χ2n) is 5.54. The number of nitrogens with zero attached hydrogens (tertiary/aromatic N) is 3. The minimum atomic E-state index is -2.93. The molecule has 3 N–H and O–H groups in total. The maximum absolute atomic E-state index is 12.8. The van der Waals surface area contributed by atoms with Gasteiger partial charge in [0.2, 0.25) is 5.96 Å². The molecule has 1 aromatic carbocycles. The van der Waals surface area contributed by atoms with Gasteiger partial charge in [-0.15, -0.1) is 11.3 Å². The maximum atomic E-state index is 12.8. The van der Waals surface area contributed by atoms with Crippen molar-refractivity contribution in [3.63, 3.8) is 0 Å². The molecular formula is C19H21F2N5OS. The van der Waals surface area contributed by atoms with Crippen molar-refractivity contribution in [2.24, 2.45) is 20.7 Å². The number of ether oxygens (including phenoxy) is 1. The zero-order valence-electron chi connectivity index (χ0n) is 15.7. The Hall–Kier alpha value is -3.07. The molecule has 0 bridgehead atoms. The van der Waals surface area contributed by atoms with E-state index in [0.29, 0.717) is 22.5 Å². The average Bonchev–Trinajstić information content (AvgIpc) is 2.93. The Morgan fingerprint density at radius 1 is 1.29 bits per heavy atom. The molecule has 0 aliphatic rings. The third-order valence-electron chi connectivity index (χ3n) is 3.67. The van der Waals surface area contributed by atoms with Gasteiger partial charge in [-0.1, -0.05) is 18.2 Å². The predicted molar refractivity (Wildman–Crippen MR) is 112 cm³/mol. The number of para-hydroxylation sites is 1. The molecule has 0 radical (unpaired) electrons. The highest BCUT2D eigenvalue weighted by molar-refractivity contribution is 7.13. The molecule has 0 saturated carbocycles. The number of halogens is 2. The first-order valence-corrected chi connectivity index (χ1v) is 9.03. The van der Waals surface area contributed by atoms with Crippen molar-refractivity contribution in [1.82, 2.24) is 5.32 Å².